The van der Waals surface area contributed by atoms with E-state index in [1.54, 1.807) is 30.7 Å². The molecule has 0 aromatic carbocycles. The monoisotopic (exact) mass is 395 g/mol. The molecular formula is C19H18FN7O2. The summed E-state index contributed by atoms with van der Waals surface area (Å²) in [4.78, 5) is 34.2. The minimum atomic E-state index is -0.701. The zero-order valence-electron chi connectivity index (χ0n) is 15.6. The first-order valence-corrected chi connectivity index (χ1v) is 9.00. The van der Waals surface area contributed by atoms with E-state index in [0.29, 0.717) is 30.4 Å². The maximum absolute atomic E-state index is 14.0. The van der Waals surface area contributed by atoms with Gasteiger partial charge >= 0.3 is 0 Å². The van der Waals surface area contributed by atoms with Gasteiger partial charge in [0.05, 0.1) is 11.7 Å². The van der Waals surface area contributed by atoms with E-state index in [9.17, 15) is 9.18 Å². The van der Waals surface area contributed by atoms with Crippen LogP contribution < -0.4 is 15.4 Å². The summed E-state index contributed by atoms with van der Waals surface area (Å²) < 4.78 is 19.2. The summed E-state index contributed by atoms with van der Waals surface area (Å²) in [6.07, 6.45) is 5.65. The van der Waals surface area contributed by atoms with Crippen LogP contribution in [0.25, 0.3) is 11.6 Å². The van der Waals surface area contributed by atoms with Crippen molar-refractivity contribution in [2.75, 3.05) is 18.1 Å². The van der Waals surface area contributed by atoms with Crippen LogP contribution in [0.4, 0.5) is 10.2 Å². The molecule has 1 atom stereocenters. The van der Waals surface area contributed by atoms with Crippen LogP contribution in [0.3, 0.4) is 0 Å². The van der Waals surface area contributed by atoms with Crippen molar-refractivity contribution in [1.29, 1.82) is 0 Å². The molecule has 148 valence electrons. The number of rotatable bonds is 5. The molecule has 1 aliphatic heterocycles. The van der Waals surface area contributed by atoms with Crippen LogP contribution in [0, 0.1) is 5.95 Å². The highest BCUT2D eigenvalue weighted by atomic mass is 19.1. The van der Waals surface area contributed by atoms with Gasteiger partial charge in [-0.2, -0.15) is 4.39 Å². The number of nitrogens with two attached hydrogens (primary N) is 1. The Balaban J connectivity index is 1.61. The lowest BCUT2D eigenvalue weighted by Crippen LogP contribution is -2.35. The van der Waals surface area contributed by atoms with Crippen LogP contribution in [0.2, 0.25) is 0 Å². The third kappa shape index (κ3) is 3.96. The topological polar surface area (TPSA) is 120 Å². The number of fused-ring (bicyclic) bond motifs is 1. The van der Waals surface area contributed by atoms with Gasteiger partial charge in [-0.05, 0) is 13.0 Å². The number of primary amides is 1. The minimum absolute atomic E-state index is 0.136. The number of hydrogen-bond donors (Lipinski definition) is 1. The molecule has 0 saturated carbocycles. The number of amides is 1. The van der Waals surface area contributed by atoms with Crippen LogP contribution in [0.5, 0.6) is 5.75 Å². The SMILES string of the molecule is CC1c2cnc(-c3ncccn3)nc2CCN1c1cc(OCC(N)=O)cc(F)n1. The molecule has 0 spiro atoms. The fraction of sp³-hybridized carbons (Fsp3) is 0.263. The molecule has 29 heavy (non-hydrogen) atoms. The van der Waals surface area contributed by atoms with E-state index >= 15 is 0 Å². The number of hydrogen-bond acceptors (Lipinski definition) is 8. The number of pyridine rings is 1. The highest BCUT2D eigenvalue weighted by Gasteiger charge is 2.27. The van der Waals surface area contributed by atoms with E-state index in [4.69, 9.17) is 10.5 Å². The van der Waals surface area contributed by atoms with Crippen molar-refractivity contribution in [3.05, 3.63) is 54.0 Å². The van der Waals surface area contributed by atoms with Crippen LogP contribution in [-0.4, -0.2) is 44.0 Å². The predicted octanol–water partition coefficient (Wildman–Crippen LogP) is 1.46. The van der Waals surface area contributed by atoms with Crippen LogP contribution in [-0.2, 0) is 11.2 Å². The summed E-state index contributed by atoms with van der Waals surface area (Å²) in [6.45, 7) is 2.21. The Morgan fingerprint density at radius 2 is 2.03 bits per heavy atom. The second kappa shape index (κ2) is 7.74. The van der Waals surface area contributed by atoms with E-state index < -0.39 is 11.9 Å². The zero-order chi connectivity index (χ0) is 20.4. The number of halogens is 1. The third-order valence-corrected chi connectivity index (χ3v) is 4.60. The molecule has 1 amide bonds. The van der Waals surface area contributed by atoms with Crippen LogP contribution in [0.1, 0.15) is 24.2 Å². The van der Waals surface area contributed by atoms with Gasteiger partial charge in [0.1, 0.15) is 11.6 Å². The molecule has 0 aliphatic carbocycles. The summed E-state index contributed by atoms with van der Waals surface area (Å²) in [5.41, 5.74) is 6.90. The first kappa shape index (κ1) is 18.7. The number of nitrogens with zero attached hydrogens (tertiary/aromatic N) is 6. The molecule has 0 saturated heterocycles. The van der Waals surface area contributed by atoms with Gasteiger partial charge in [-0.25, -0.2) is 24.9 Å². The van der Waals surface area contributed by atoms with Crippen molar-refractivity contribution in [1.82, 2.24) is 24.9 Å². The summed E-state index contributed by atoms with van der Waals surface area (Å²) in [6, 6.07) is 4.29. The van der Waals surface area contributed by atoms with Gasteiger partial charge in [0, 0.05) is 49.3 Å². The number of anilines is 1. The lowest BCUT2D eigenvalue weighted by molar-refractivity contribution is -0.119. The Morgan fingerprint density at radius 3 is 2.79 bits per heavy atom. The van der Waals surface area contributed by atoms with E-state index in [1.165, 1.54) is 0 Å². The van der Waals surface area contributed by atoms with Crippen molar-refractivity contribution < 1.29 is 13.9 Å². The molecule has 10 heteroatoms. The standard InChI is InChI=1S/C19H18FN7O2/c1-11-13-9-24-19(18-22-4-2-5-23-18)25-14(13)3-6-27(11)17-8-12(7-15(20)26-17)29-10-16(21)28/h2,4-5,7-9,11H,3,6,10H2,1H3,(H2,21,28). The normalized spacial score (nSPS) is 15.7. The largest absolute Gasteiger partial charge is 0.483 e. The summed E-state index contributed by atoms with van der Waals surface area (Å²) in [5, 5.41) is 0. The molecule has 0 radical (unpaired) electrons. The fourth-order valence-corrected chi connectivity index (χ4v) is 3.24. The van der Waals surface area contributed by atoms with Gasteiger partial charge in [0.15, 0.2) is 18.3 Å². The zero-order valence-corrected chi connectivity index (χ0v) is 15.6. The first-order valence-electron chi connectivity index (χ1n) is 9.00. The Morgan fingerprint density at radius 1 is 1.24 bits per heavy atom. The van der Waals surface area contributed by atoms with Crippen molar-refractivity contribution in [3.8, 4) is 17.4 Å². The van der Waals surface area contributed by atoms with Gasteiger partial charge in [0.2, 0.25) is 5.95 Å². The maximum Gasteiger partial charge on any atom is 0.255 e. The quantitative estimate of drug-likeness (QED) is 0.645. The van der Waals surface area contributed by atoms with Crippen molar-refractivity contribution in [2.45, 2.75) is 19.4 Å². The maximum atomic E-state index is 14.0. The molecule has 2 N–H and O–H groups in total. The van der Waals surface area contributed by atoms with Crippen molar-refractivity contribution in [3.63, 3.8) is 0 Å². The number of aromatic nitrogens is 5. The smallest absolute Gasteiger partial charge is 0.255 e. The molecular weight excluding hydrogens is 377 g/mol. The molecule has 3 aromatic rings. The molecule has 3 aromatic heterocycles. The molecule has 9 nitrogen and oxygen atoms in total. The Hall–Kier alpha value is -3.69. The Kier molecular flexibility index (Phi) is 4.98. The molecule has 4 heterocycles. The number of carbonyl (C=O) groups is 1. The predicted molar refractivity (Wildman–Crippen MR) is 101 cm³/mol. The van der Waals surface area contributed by atoms with Gasteiger partial charge in [-0.1, -0.05) is 0 Å². The average molecular weight is 395 g/mol. The Bertz CT molecular complexity index is 1050. The highest BCUT2D eigenvalue weighted by Crippen LogP contribution is 2.33. The molecule has 0 fully saturated rings. The highest BCUT2D eigenvalue weighted by molar-refractivity contribution is 5.75. The van der Waals surface area contributed by atoms with Gasteiger partial charge in [-0.15, -0.1) is 0 Å². The van der Waals surface area contributed by atoms with E-state index in [1.807, 2.05) is 11.8 Å². The summed E-state index contributed by atoms with van der Waals surface area (Å²) in [7, 11) is 0. The second-order valence-electron chi connectivity index (χ2n) is 6.53. The van der Waals surface area contributed by atoms with E-state index in [-0.39, 0.29) is 18.4 Å². The van der Waals surface area contributed by atoms with E-state index in [0.717, 1.165) is 17.3 Å². The van der Waals surface area contributed by atoms with E-state index in [2.05, 4.69) is 24.9 Å². The number of carbonyl (C=O) groups excluding carboxylic acids is 1. The average Bonchev–Trinajstić information content (AvgIpc) is 2.72. The third-order valence-electron chi connectivity index (χ3n) is 4.60. The molecule has 0 bridgehead atoms. The Labute approximate surface area is 165 Å². The molecule has 1 unspecified atom stereocenters. The van der Waals surface area contributed by atoms with Crippen LogP contribution >= 0.6 is 0 Å². The van der Waals surface area contributed by atoms with Gasteiger partial charge in [-0.3, -0.25) is 4.79 Å². The second-order valence-corrected chi connectivity index (χ2v) is 6.53. The molecule has 4 rings (SSSR count). The fourth-order valence-electron chi connectivity index (χ4n) is 3.24. The first-order chi connectivity index (χ1) is 14.0. The number of ether oxygens (including phenoxy) is 1. The van der Waals surface area contributed by atoms with Gasteiger partial charge < -0.3 is 15.4 Å². The minimum Gasteiger partial charge on any atom is -0.483 e. The van der Waals surface area contributed by atoms with Crippen LogP contribution in [0.15, 0.2) is 36.8 Å². The molecule has 1 aliphatic rings. The summed E-state index contributed by atoms with van der Waals surface area (Å²) >= 11 is 0. The van der Waals surface area contributed by atoms with Gasteiger partial charge in [0.25, 0.3) is 5.91 Å². The van der Waals surface area contributed by atoms with Crippen molar-refractivity contribution >= 4 is 11.7 Å². The summed E-state index contributed by atoms with van der Waals surface area (Å²) in [5.74, 6) is 0.187. The van der Waals surface area contributed by atoms with Crippen molar-refractivity contribution in [2.24, 2.45) is 5.73 Å². The lowest BCUT2D eigenvalue weighted by atomic mass is 9.99. The lowest BCUT2D eigenvalue weighted by Gasteiger charge is -2.35.